The Hall–Kier alpha value is -3.08. The van der Waals surface area contributed by atoms with E-state index >= 15 is 0 Å². The molecule has 11 heteroatoms. The molecule has 8 nitrogen and oxygen atoms in total. The first-order valence-corrected chi connectivity index (χ1v) is 7.05. The third kappa shape index (κ3) is 2.86. The fourth-order valence-electron chi connectivity index (χ4n) is 2.43. The van der Waals surface area contributed by atoms with Crippen LogP contribution in [-0.4, -0.2) is 33.9 Å². The number of H-pyrrole nitrogens is 1. The Morgan fingerprint density at radius 1 is 1.31 bits per heavy atom. The van der Waals surface area contributed by atoms with Gasteiger partial charge in [0.1, 0.15) is 11.4 Å². The lowest BCUT2D eigenvalue weighted by Gasteiger charge is -2.28. The number of alkyl halides is 3. The van der Waals surface area contributed by atoms with Gasteiger partial charge in [-0.1, -0.05) is 12.1 Å². The summed E-state index contributed by atoms with van der Waals surface area (Å²) in [5, 5.41) is 10.1. The van der Waals surface area contributed by atoms with Crippen molar-refractivity contribution in [3.05, 3.63) is 56.2 Å². The number of aromatic nitrogens is 2. The highest BCUT2D eigenvalue weighted by Crippen LogP contribution is 2.40. The van der Waals surface area contributed by atoms with E-state index in [1.54, 1.807) is 18.0 Å². The number of ether oxygens (including phenoxy) is 1. The second kappa shape index (κ2) is 6.33. The summed E-state index contributed by atoms with van der Waals surface area (Å²) in [5.41, 5.74) is -2.44. The molecule has 0 aliphatic heterocycles. The Morgan fingerprint density at radius 3 is 2.42 bits per heavy atom. The van der Waals surface area contributed by atoms with Crippen LogP contribution in [-0.2, 0) is 15.1 Å². The largest absolute Gasteiger partial charge is 0.466 e. The van der Waals surface area contributed by atoms with E-state index in [0.29, 0.717) is 17.2 Å². The zero-order valence-electron chi connectivity index (χ0n) is 13.5. The summed E-state index contributed by atoms with van der Waals surface area (Å²) < 4.78 is 44.9. The predicted octanol–water partition coefficient (Wildman–Crippen LogP) is 0.339. The molecule has 2 rings (SSSR count). The minimum absolute atomic E-state index is 0.0272. The zero-order chi connectivity index (χ0) is 19.9. The number of aryl methyl sites for hydroxylation is 1. The summed E-state index contributed by atoms with van der Waals surface area (Å²) in [6, 6.07) is 5.90. The topological polar surface area (TPSA) is 127 Å². The number of aromatic amines is 1. The SMILES string of the molecule is COC(=O)C(O)(c1c(N)n(-c2cccc(C)c2)c(=O)[nH]c1=O)C(F)(F)F. The first-order chi connectivity index (χ1) is 11.9. The van der Waals surface area contributed by atoms with Crippen LogP contribution in [0.3, 0.4) is 0 Å². The molecule has 4 N–H and O–H groups in total. The van der Waals surface area contributed by atoms with Gasteiger partial charge in [-0.15, -0.1) is 0 Å². The zero-order valence-corrected chi connectivity index (χ0v) is 13.5. The fraction of sp³-hybridized carbons (Fsp3) is 0.267. The molecule has 1 aromatic heterocycles. The number of nitrogen functional groups attached to an aromatic ring is 1. The fourth-order valence-corrected chi connectivity index (χ4v) is 2.43. The highest BCUT2D eigenvalue weighted by atomic mass is 19.4. The number of aliphatic hydroxyl groups is 1. The second-order valence-corrected chi connectivity index (χ2v) is 5.39. The van der Waals surface area contributed by atoms with Crippen molar-refractivity contribution in [1.82, 2.24) is 9.55 Å². The number of anilines is 1. The van der Waals surface area contributed by atoms with Gasteiger partial charge in [-0.05, 0) is 24.6 Å². The molecule has 0 aliphatic carbocycles. The van der Waals surface area contributed by atoms with Gasteiger partial charge in [-0.2, -0.15) is 13.2 Å². The molecule has 1 aromatic carbocycles. The first-order valence-electron chi connectivity index (χ1n) is 7.05. The molecule has 0 aliphatic rings. The van der Waals surface area contributed by atoms with Gasteiger partial charge >= 0.3 is 17.8 Å². The lowest BCUT2D eigenvalue weighted by molar-refractivity contribution is -0.267. The van der Waals surface area contributed by atoms with E-state index in [4.69, 9.17) is 5.73 Å². The molecule has 0 fully saturated rings. The molecule has 2 aromatic rings. The Morgan fingerprint density at radius 2 is 1.92 bits per heavy atom. The maximum Gasteiger partial charge on any atom is 0.432 e. The van der Waals surface area contributed by atoms with Crippen molar-refractivity contribution < 1.29 is 27.8 Å². The third-order valence-electron chi connectivity index (χ3n) is 3.66. The van der Waals surface area contributed by atoms with E-state index in [2.05, 4.69) is 4.74 Å². The smallest absolute Gasteiger partial charge is 0.432 e. The van der Waals surface area contributed by atoms with Gasteiger partial charge in [0.2, 0.25) is 0 Å². The van der Waals surface area contributed by atoms with Crippen LogP contribution in [0.1, 0.15) is 11.1 Å². The molecule has 0 bridgehead atoms. The van der Waals surface area contributed by atoms with E-state index in [1.807, 2.05) is 0 Å². The Bertz CT molecular complexity index is 980. The van der Waals surface area contributed by atoms with Crippen LogP contribution in [0, 0.1) is 6.92 Å². The standard InChI is InChI=1S/C15H14F3N3O5/c1-7-4-3-5-8(6-7)21-10(19)9(11(22)20-13(21)24)14(25,12(23)26-2)15(16,17)18/h3-6,25H,19H2,1-2H3,(H,20,22,24). The Kier molecular flexibility index (Phi) is 4.69. The summed E-state index contributed by atoms with van der Waals surface area (Å²) in [7, 11) is 0.597. The van der Waals surface area contributed by atoms with Gasteiger partial charge in [-0.25, -0.2) is 14.2 Å². The van der Waals surface area contributed by atoms with Crippen LogP contribution in [0.15, 0.2) is 33.9 Å². The van der Waals surface area contributed by atoms with Gasteiger partial charge < -0.3 is 15.6 Å². The van der Waals surface area contributed by atoms with Crippen molar-refractivity contribution in [3.8, 4) is 5.69 Å². The molecule has 26 heavy (non-hydrogen) atoms. The number of methoxy groups -OCH3 is 1. The molecular weight excluding hydrogens is 359 g/mol. The number of nitrogens with two attached hydrogens (primary N) is 1. The number of rotatable bonds is 3. The summed E-state index contributed by atoms with van der Waals surface area (Å²) in [5.74, 6) is -3.22. The molecule has 1 atom stereocenters. The highest BCUT2D eigenvalue weighted by Gasteiger charge is 2.64. The van der Waals surface area contributed by atoms with Crippen LogP contribution >= 0.6 is 0 Å². The number of carbonyl (C=O) groups is 1. The predicted molar refractivity (Wildman–Crippen MR) is 83.8 cm³/mol. The summed E-state index contributed by atoms with van der Waals surface area (Å²) in [4.78, 5) is 37.4. The normalized spacial score (nSPS) is 13.9. The van der Waals surface area contributed by atoms with E-state index in [9.17, 15) is 32.7 Å². The number of hydrogen-bond acceptors (Lipinski definition) is 6. The quantitative estimate of drug-likeness (QED) is 0.666. The summed E-state index contributed by atoms with van der Waals surface area (Å²) >= 11 is 0. The molecule has 1 heterocycles. The van der Waals surface area contributed by atoms with E-state index in [0.717, 1.165) is 0 Å². The van der Waals surface area contributed by atoms with Crippen LogP contribution in [0.25, 0.3) is 5.69 Å². The maximum atomic E-state index is 13.4. The summed E-state index contributed by atoms with van der Waals surface area (Å²) in [6.45, 7) is 1.65. The number of carbonyl (C=O) groups excluding carboxylic acids is 1. The van der Waals surface area contributed by atoms with Crippen molar-refractivity contribution in [2.45, 2.75) is 18.7 Å². The number of benzene rings is 1. The van der Waals surface area contributed by atoms with Gasteiger partial charge in [0, 0.05) is 0 Å². The molecular formula is C15H14F3N3O5. The average Bonchev–Trinajstić information content (AvgIpc) is 2.52. The van der Waals surface area contributed by atoms with Gasteiger partial charge in [-0.3, -0.25) is 9.78 Å². The molecule has 0 saturated carbocycles. The number of nitrogens with one attached hydrogen (secondary N) is 1. The summed E-state index contributed by atoms with van der Waals surface area (Å²) in [6.07, 6.45) is -5.64. The molecule has 0 saturated heterocycles. The lowest BCUT2D eigenvalue weighted by atomic mass is 9.94. The minimum atomic E-state index is -5.64. The molecule has 1 unspecified atom stereocenters. The van der Waals surface area contributed by atoms with Crippen LogP contribution in [0.4, 0.5) is 19.0 Å². The van der Waals surface area contributed by atoms with Crippen molar-refractivity contribution in [2.24, 2.45) is 0 Å². The number of halogens is 3. The van der Waals surface area contributed by atoms with E-state index in [1.165, 1.54) is 18.2 Å². The number of hydrogen-bond donors (Lipinski definition) is 3. The third-order valence-corrected chi connectivity index (χ3v) is 3.66. The molecule has 0 amide bonds. The van der Waals surface area contributed by atoms with Gasteiger partial charge in [0.15, 0.2) is 0 Å². The first kappa shape index (κ1) is 19.2. The van der Waals surface area contributed by atoms with Gasteiger partial charge in [0.25, 0.3) is 11.2 Å². The Balaban J connectivity index is 2.95. The molecule has 0 radical (unpaired) electrons. The van der Waals surface area contributed by atoms with E-state index < -0.39 is 40.4 Å². The lowest BCUT2D eigenvalue weighted by Crippen LogP contribution is -2.54. The highest BCUT2D eigenvalue weighted by molar-refractivity contribution is 5.83. The van der Waals surface area contributed by atoms with Crippen molar-refractivity contribution in [3.63, 3.8) is 0 Å². The van der Waals surface area contributed by atoms with Crippen molar-refractivity contribution in [1.29, 1.82) is 0 Å². The average molecular weight is 373 g/mol. The van der Waals surface area contributed by atoms with Crippen LogP contribution in [0.2, 0.25) is 0 Å². The number of nitrogens with zero attached hydrogens (tertiary/aromatic N) is 1. The maximum absolute atomic E-state index is 13.4. The van der Waals surface area contributed by atoms with Crippen LogP contribution in [0.5, 0.6) is 0 Å². The second-order valence-electron chi connectivity index (χ2n) is 5.39. The van der Waals surface area contributed by atoms with Crippen LogP contribution < -0.4 is 17.0 Å². The minimum Gasteiger partial charge on any atom is -0.466 e. The van der Waals surface area contributed by atoms with E-state index in [-0.39, 0.29) is 5.69 Å². The Labute approximate surface area is 143 Å². The molecule has 140 valence electrons. The van der Waals surface area contributed by atoms with Gasteiger partial charge in [0.05, 0.1) is 12.8 Å². The van der Waals surface area contributed by atoms with Crippen molar-refractivity contribution in [2.75, 3.05) is 12.8 Å². The monoisotopic (exact) mass is 373 g/mol. The van der Waals surface area contributed by atoms with Crippen molar-refractivity contribution >= 4 is 11.8 Å². The molecule has 0 spiro atoms. The number of esters is 1.